The third-order valence-corrected chi connectivity index (χ3v) is 3.63. The predicted molar refractivity (Wildman–Crippen MR) is 77.6 cm³/mol. The number of rotatable bonds is 3. The third-order valence-electron chi connectivity index (χ3n) is 3.63. The SMILES string of the molecule is COc1ccc([C@@H]2[C@H](N)C(=O)N2c2ccccc2)cc1. The summed E-state index contributed by atoms with van der Waals surface area (Å²) in [6.45, 7) is 0. The van der Waals surface area contributed by atoms with Gasteiger partial charge in [0.2, 0.25) is 5.91 Å². The summed E-state index contributed by atoms with van der Waals surface area (Å²) in [4.78, 5) is 13.8. The van der Waals surface area contributed by atoms with E-state index in [4.69, 9.17) is 10.5 Å². The van der Waals surface area contributed by atoms with Gasteiger partial charge in [-0.1, -0.05) is 30.3 Å². The van der Waals surface area contributed by atoms with E-state index >= 15 is 0 Å². The number of carbonyl (C=O) groups excluding carboxylic acids is 1. The number of nitrogens with two attached hydrogens (primary N) is 1. The molecule has 0 unspecified atom stereocenters. The lowest BCUT2D eigenvalue weighted by Gasteiger charge is -2.45. The number of methoxy groups -OCH3 is 1. The molecule has 102 valence electrons. The molecule has 0 aliphatic carbocycles. The average Bonchev–Trinajstić information content (AvgIpc) is 2.52. The van der Waals surface area contributed by atoms with Crippen molar-refractivity contribution >= 4 is 11.6 Å². The van der Waals surface area contributed by atoms with E-state index in [0.717, 1.165) is 17.0 Å². The Bertz CT molecular complexity index is 610. The molecule has 0 radical (unpaired) electrons. The maximum absolute atomic E-state index is 12.0. The van der Waals surface area contributed by atoms with E-state index in [2.05, 4.69) is 0 Å². The maximum Gasteiger partial charge on any atom is 0.247 e. The number of benzene rings is 2. The smallest absolute Gasteiger partial charge is 0.247 e. The van der Waals surface area contributed by atoms with Crippen LogP contribution in [0.25, 0.3) is 0 Å². The number of hydrogen-bond donors (Lipinski definition) is 1. The summed E-state index contributed by atoms with van der Waals surface area (Å²) in [5.74, 6) is 0.747. The molecule has 1 saturated heterocycles. The van der Waals surface area contributed by atoms with E-state index in [0.29, 0.717) is 0 Å². The van der Waals surface area contributed by atoms with Gasteiger partial charge in [-0.05, 0) is 29.8 Å². The number of anilines is 1. The zero-order valence-corrected chi connectivity index (χ0v) is 11.2. The Labute approximate surface area is 117 Å². The summed E-state index contributed by atoms with van der Waals surface area (Å²) >= 11 is 0. The van der Waals surface area contributed by atoms with Gasteiger partial charge < -0.3 is 15.4 Å². The first-order valence-electron chi connectivity index (χ1n) is 6.50. The van der Waals surface area contributed by atoms with E-state index < -0.39 is 6.04 Å². The molecule has 3 rings (SSSR count). The van der Waals surface area contributed by atoms with Gasteiger partial charge in [-0.25, -0.2) is 0 Å². The molecule has 2 aromatic carbocycles. The van der Waals surface area contributed by atoms with Crippen molar-refractivity contribution in [2.24, 2.45) is 5.73 Å². The molecule has 0 aromatic heterocycles. The van der Waals surface area contributed by atoms with Crippen LogP contribution >= 0.6 is 0 Å². The van der Waals surface area contributed by atoms with Gasteiger partial charge in [-0.2, -0.15) is 0 Å². The zero-order valence-electron chi connectivity index (χ0n) is 11.2. The lowest BCUT2D eigenvalue weighted by molar-refractivity contribution is -0.126. The lowest BCUT2D eigenvalue weighted by Crippen LogP contribution is -2.63. The van der Waals surface area contributed by atoms with Crippen molar-refractivity contribution < 1.29 is 9.53 Å². The number of carbonyl (C=O) groups is 1. The first kappa shape index (κ1) is 12.7. The number of β-lactam (4-membered cyclic amide) rings is 1. The number of hydrogen-bond acceptors (Lipinski definition) is 3. The molecule has 1 aliphatic rings. The standard InChI is InChI=1S/C16H16N2O2/c1-20-13-9-7-11(8-10-13)15-14(17)16(19)18(15)12-5-3-2-4-6-12/h2-10,14-15H,17H2,1H3/t14-,15+/m0/s1. The quantitative estimate of drug-likeness (QED) is 0.867. The Balaban J connectivity index is 1.92. The summed E-state index contributed by atoms with van der Waals surface area (Å²) in [5, 5.41) is 0. The van der Waals surface area contributed by atoms with Crippen LogP contribution in [0.15, 0.2) is 54.6 Å². The van der Waals surface area contributed by atoms with E-state index in [9.17, 15) is 4.79 Å². The van der Waals surface area contributed by atoms with E-state index in [1.54, 1.807) is 12.0 Å². The van der Waals surface area contributed by atoms with E-state index in [1.165, 1.54) is 0 Å². The van der Waals surface area contributed by atoms with Crippen molar-refractivity contribution in [1.82, 2.24) is 0 Å². The van der Waals surface area contributed by atoms with Crippen molar-refractivity contribution in [2.45, 2.75) is 12.1 Å². The molecule has 4 heteroatoms. The van der Waals surface area contributed by atoms with Crippen LogP contribution in [0.3, 0.4) is 0 Å². The van der Waals surface area contributed by atoms with Gasteiger partial charge in [0.15, 0.2) is 0 Å². The van der Waals surface area contributed by atoms with Crippen LogP contribution in [0.1, 0.15) is 11.6 Å². The minimum atomic E-state index is -0.483. The monoisotopic (exact) mass is 268 g/mol. The predicted octanol–water partition coefficient (Wildman–Crippen LogP) is 2.11. The second-order valence-corrected chi connectivity index (χ2v) is 4.79. The van der Waals surface area contributed by atoms with Crippen molar-refractivity contribution in [3.05, 3.63) is 60.2 Å². The summed E-state index contributed by atoms with van der Waals surface area (Å²) in [6.07, 6.45) is 0. The highest BCUT2D eigenvalue weighted by molar-refractivity contribution is 6.05. The Morgan fingerprint density at radius 2 is 1.70 bits per heavy atom. The molecule has 1 aliphatic heterocycles. The molecule has 0 bridgehead atoms. The Morgan fingerprint density at radius 3 is 2.30 bits per heavy atom. The van der Waals surface area contributed by atoms with Crippen LogP contribution in [0.4, 0.5) is 5.69 Å². The summed E-state index contributed by atoms with van der Waals surface area (Å²) < 4.78 is 5.15. The Hall–Kier alpha value is -2.33. The van der Waals surface area contributed by atoms with Gasteiger partial charge in [0.25, 0.3) is 0 Å². The number of ether oxygens (including phenoxy) is 1. The Morgan fingerprint density at radius 1 is 1.05 bits per heavy atom. The highest BCUT2D eigenvalue weighted by Gasteiger charge is 2.46. The van der Waals surface area contributed by atoms with Crippen LogP contribution in [0.2, 0.25) is 0 Å². The molecule has 0 spiro atoms. The molecule has 2 N–H and O–H groups in total. The van der Waals surface area contributed by atoms with Gasteiger partial charge in [-0.15, -0.1) is 0 Å². The van der Waals surface area contributed by atoms with Crippen molar-refractivity contribution in [2.75, 3.05) is 12.0 Å². The van der Waals surface area contributed by atoms with Gasteiger partial charge in [0.1, 0.15) is 11.8 Å². The van der Waals surface area contributed by atoms with E-state index in [1.807, 2.05) is 54.6 Å². The fourth-order valence-electron chi connectivity index (χ4n) is 2.55. The van der Waals surface area contributed by atoms with Crippen molar-refractivity contribution in [1.29, 1.82) is 0 Å². The fourth-order valence-corrected chi connectivity index (χ4v) is 2.55. The molecule has 1 heterocycles. The second kappa shape index (κ2) is 4.98. The zero-order chi connectivity index (χ0) is 14.1. The van der Waals surface area contributed by atoms with Crippen LogP contribution < -0.4 is 15.4 Å². The summed E-state index contributed by atoms with van der Waals surface area (Å²) in [6, 6.07) is 16.7. The molecule has 1 amide bonds. The second-order valence-electron chi connectivity index (χ2n) is 4.79. The molecule has 20 heavy (non-hydrogen) atoms. The molecule has 2 atom stereocenters. The summed E-state index contributed by atoms with van der Waals surface area (Å²) in [7, 11) is 1.63. The molecular weight excluding hydrogens is 252 g/mol. The third kappa shape index (κ3) is 1.94. The summed E-state index contributed by atoms with van der Waals surface area (Å²) in [5.41, 5.74) is 7.86. The minimum absolute atomic E-state index is 0.0444. The number of para-hydroxylation sites is 1. The lowest BCUT2D eigenvalue weighted by atomic mass is 9.88. The van der Waals surface area contributed by atoms with Crippen LogP contribution in [0, 0.1) is 0 Å². The minimum Gasteiger partial charge on any atom is -0.497 e. The van der Waals surface area contributed by atoms with Crippen LogP contribution in [-0.2, 0) is 4.79 Å². The van der Waals surface area contributed by atoms with E-state index in [-0.39, 0.29) is 11.9 Å². The highest BCUT2D eigenvalue weighted by atomic mass is 16.5. The molecule has 2 aromatic rings. The molecule has 0 saturated carbocycles. The Kier molecular flexibility index (Phi) is 3.16. The van der Waals surface area contributed by atoms with Crippen LogP contribution in [-0.4, -0.2) is 19.1 Å². The van der Waals surface area contributed by atoms with Crippen molar-refractivity contribution in [3.8, 4) is 5.75 Å². The first-order chi connectivity index (χ1) is 9.72. The molecule has 4 nitrogen and oxygen atoms in total. The molecule has 1 fully saturated rings. The molecular formula is C16H16N2O2. The topological polar surface area (TPSA) is 55.6 Å². The average molecular weight is 268 g/mol. The highest BCUT2D eigenvalue weighted by Crippen LogP contribution is 2.38. The van der Waals surface area contributed by atoms with Gasteiger partial charge in [0.05, 0.1) is 13.2 Å². The van der Waals surface area contributed by atoms with Gasteiger partial charge in [-0.3, -0.25) is 4.79 Å². The van der Waals surface area contributed by atoms with Crippen molar-refractivity contribution in [3.63, 3.8) is 0 Å². The normalized spacial score (nSPS) is 21.5. The largest absolute Gasteiger partial charge is 0.497 e. The van der Waals surface area contributed by atoms with Crippen LogP contribution in [0.5, 0.6) is 5.75 Å². The van der Waals surface area contributed by atoms with Gasteiger partial charge >= 0.3 is 0 Å². The fraction of sp³-hybridized carbons (Fsp3) is 0.188. The maximum atomic E-state index is 12.0. The van der Waals surface area contributed by atoms with Gasteiger partial charge in [0, 0.05) is 5.69 Å². The number of nitrogens with zero attached hydrogens (tertiary/aromatic N) is 1. The number of amides is 1. The first-order valence-corrected chi connectivity index (χ1v) is 6.50.